The number of hydrazone groups is 1. The number of rotatable bonds is 4. The molecule has 2 aromatic carbocycles. The van der Waals surface area contributed by atoms with E-state index in [9.17, 15) is 14.9 Å². The molecule has 0 saturated heterocycles. The summed E-state index contributed by atoms with van der Waals surface area (Å²) in [6.45, 7) is 0. The number of carbonyl (C=O) groups is 1. The minimum Gasteiger partial charge on any atom is -0.453 e. The molecule has 0 fully saturated rings. The first-order valence-electron chi connectivity index (χ1n) is 6.91. The summed E-state index contributed by atoms with van der Waals surface area (Å²) in [6, 6.07) is 13.1. The van der Waals surface area contributed by atoms with E-state index < -0.39 is 11.0 Å². The van der Waals surface area contributed by atoms with Crippen LogP contribution in [0.3, 0.4) is 0 Å². The predicted octanol–water partition coefficient (Wildman–Crippen LogP) is 2.56. The Hall–Kier alpha value is -3.22. The quantitative estimate of drug-likeness (QED) is 0.307. The first kappa shape index (κ1) is 14.7. The molecule has 1 atom stereocenters. The lowest BCUT2D eigenvalue weighted by molar-refractivity contribution is -0.384. The number of nitro groups is 1. The first-order chi connectivity index (χ1) is 11.1. The van der Waals surface area contributed by atoms with Crippen LogP contribution in [0.2, 0.25) is 0 Å². The van der Waals surface area contributed by atoms with Crippen LogP contribution in [0.25, 0.3) is 0 Å². The van der Waals surface area contributed by atoms with Crippen LogP contribution in [0.5, 0.6) is 0 Å². The zero-order chi connectivity index (χ0) is 16.4. The molecule has 0 spiro atoms. The number of hydrogen-bond donors (Lipinski definition) is 1. The van der Waals surface area contributed by atoms with Gasteiger partial charge in [0.2, 0.25) is 0 Å². The summed E-state index contributed by atoms with van der Waals surface area (Å²) in [7, 11) is 0. The number of non-ortho nitro benzene ring substituents is 1. The van der Waals surface area contributed by atoms with E-state index in [-0.39, 0.29) is 11.7 Å². The van der Waals surface area contributed by atoms with Crippen molar-refractivity contribution in [3.8, 4) is 0 Å². The Morgan fingerprint density at radius 3 is 2.57 bits per heavy atom. The Morgan fingerprint density at radius 1 is 1.22 bits per heavy atom. The monoisotopic (exact) mass is 311 g/mol. The molecule has 1 aliphatic heterocycles. The molecule has 2 N–H and O–H groups in total. The van der Waals surface area contributed by atoms with Crippen LogP contribution >= 0.6 is 0 Å². The number of benzene rings is 2. The molecule has 3 rings (SSSR count). The van der Waals surface area contributed by atoms with Gasteiger partial charge in [-0.1, -0.05) is 18.2 Å². The number of hydrogen-bond acceptors (Lipinski definition) is 6. The van der Waals surface area contributed by atoms with Crippen molar-refractivity contribution in [1.29, 1.82) is 0 Å². The van der Waals surface area contributed by atoms with Gasteiger partial charge < -0.3 is 10.6 Å². The highest BCUT2D eigenvalue weighted by Gasteiger charge is 2.31. The largest absolute Gasteiger partial charge is 0.453 e. The van der Waals surface area contributed by atoms with Gasteiger partial charge in [0.1, 0.15) is 6.10 Å². The fourth-order valence-corrected chi connectivity index (χ4v) is 2.57. The summed E-state index contributed by atoms with van der Waals surface area (Å²) in [6.07, 6.45) is -0.159. The molecule has 116 valence electrons. The van der Waals surface area contributed by atoms with Gasteiger partial charge in [-0.25, -0.2) is 4.79 Å². The van der Waals surface area contributed by atoms with Crippen molar-refractivity contribution >= 4 is 17.4 Å². The maximum Gasteiger partial charge on any atom is 0.339 e. The molecule has 7 nitrogen and oxygen atoms in total. The number of fused-ring (bicyclic) bond motifs is 1. The van der Waals surface area contributed by atoms with Crippen LogP contribution in [-0.4, -0.2) is 16.6 Å². The summed E-state index contributed by atoms with van der Waals surface area (Å²) < 4.78 is 5.36. The standard InChI is InChI=1S/C16H13N3O4/c17-18-14(10-5-7-11(8-6-10)19(21)22)9-15-12-3-1-2-4-13(12)16(20)23-15/h1-8,15H,9,17H2/b18-14-/t15-/m1/s1. The van der Waals surface area contributed by atoms with Crippen LogP contribution in [0.4, 0.5) is 5.69 Å². The van der Waals surface area contributed by atoms with Crippen molar-refractivity contribution in [3.05, 3.63) is 75.3 Å². The minimum absolute atomic E-state index is 0.0113. The lowest BCUT2D eigenvalue weighted by Crippen LogP contribution is -2.11. The third kappa shape index (κ3) is 2.76. The van der Waals surface area contributed by atoms with Crippen molar-refractivity contribution in [3.63, 3.8) is 0 Å². The van der Waals surface area contributed by atoms with E-state index in [4.69, 9.17) is 10.6 Å². The number of carbonyl (C=O) groups excluding carboxylic acids is 1. The Balaban J connectivity index is 1.84. The number of nitrogens with two attached hydrogens (primary N) is 1. The summed E-state index contributed by atoms with van der Waals surface area (Å²) in [5.41, 5.74) is 2.48. The highest BCUT2D eigenvalue weighted by atomic mass is 16.6. The molecule has 0 aromatic heterocycles. The molecule has 0 aliphatic carbocycles. The Morgan fingerprint density at radius 2 is 1.91 bits per heavy atom. The summed E-state index contributed by atoms with van der Waals surface area (Å²) in [4.78, 5) is 22.1. The van der Waals surface area contributed by atoms with Gasteiger partial charge in [-0.15, -0.1) is 0 Å². The maximum atomic E-state index is 11.8. The summed E-state index contributed by atoms with van der Waals surface area (Å²) >= 11 is 0. The number of nitrogens with zero attached hydrogens (tertiary/aromatic N) is 2. The van der Waals surface area contributed by atoms with Crippen LogP contribution in [0.1, 0.15) is 34.0 Å². The molecule has 0 saturated carbocycles. The third-order valence-electron chi connectivity index (χ3n) is 3.72. The second kappa shape index (κ2) is 5.88. The van der Waals surface area contributed by atoms with Crippen LogP contribution in [0.15, 0.2) is 53.6 Å². The highest BCUT2D eigenvalue weighted by molar-refractivity contribution is 6.02. The Labute approximate surface area is 131 Å². The molecule has 0 radical (unpaired) electrons. The van der Waals surface area contributed by atoms with E-state index in [1.807, 2.05) is 12.1 Å². The molecule has 1 aliphatic rings. The number of esters is 1. The molecule has 0 bridgehead atoms. The molecular weight excluding hydrogens is 298 g/mol. The number of ether oxygens (including phenoxy) is 1. The molecule has 0 unspecified atom stereocenters. The molecule has 0 amide bonds. The topological polar surface area (TPSA) is 108 Å². The minimum atomic E-state index is -0.474. The average molecular weight is 311 g/mol. The van der Waals surface area contributed by atoms with Gasteiger partial charge in [-0.3, -0.25) is 10.1 Å². The zero-order valence-corrected chi connectivity index (χ0v) is 12.0. The smallest absolute Gasteiger partial charge is 0.339 e. The molecule has 7 heteroatoms. The Bertz CT molecular complexity index is 799. The van der Waals surface area contributed by atoms with Crippen molar-refractivity contribution in [2.24, 2.45) is 10.9 Å². The van der Waals surface area contributed by atoms with Crippen LogP contribution < -0.4 is 5.84 Å². The maximum absolute atomic E-state index is 11.8. The molecule has 1 heterocycles. The fourth-order valence-electron chi connectivity index (χ4n) is 2.57. The summed E-state index contributed by atoms with van der Waals surface area (Å²) in [5, 5.41) is 14.4. The van der Waals surface area contributed by atoms with Crippen molar-refractivity contribution in [2.45, 2.75) is 12.5 Å². The van der Waals surface area contributed by atoms with Crippen molar-refractivity contribution in [1.82, 2.24) is 0 Å². The van der Waals surface area contributed by atoms with Gasteiger partial charge in [-0.05, 0) is 23.8 Å². The number of cyclic esters (lactones) is 1. The first-order valence-corrected chi connectivity index (χ1v) is 6.91. The fraction of sp³-hybridized carbons (Fsp3) is 0.125. The van der Waals surface area contributed by atoms with E-state index in [1.165, 1.54) is 12.1 Å². The lowest BCUT2D eigenvalue weighted by Gasteiger charge is -2.12. The van der Waals surface area contributed by atoms with E-state index in [1.54, 1.807) is 24.3 Å². The van der Waals surface area contributed by atoms with Gasteiger partial charge in [-0.2, -0.15) is 5.10 Å². The SMILES string of the molecule is N/N=C(/C[C@H]1OC(=O)c2ccccc21)c1ccc([N+](=O)[O-])cc1. The number of nitro benzene ring substituents is 1. The normalized spacial score (nSPS) is 16.8. The van der Waals surface area contributed by atoms with E-state index in [0.29, 0.717) is 23.3 Å². The Kier molecular flexibility index (Phi) is 3.76. The van der Waals surface area contributed by atoms with E-state index >= 15 is 0 Å². The van der Waals surface area contributed by atoms with Gasteiger partial charge in [0.15, 0.2) is 0 Å². The van der Waals surface area contributed by atoms with Crippen molar-refractivity contribution in [2.75, 3.05) is 0 Å². The van der Waals surface area contributed by atoms with Gasteiger partial charge >= 0.3 is 5.97 Å². The van der Waals surface area contributed by atoms with Gasteiger partial charge in [0, 0.05) is 24.1 Å². The van der Waals surface area contributed by atoms with E-state index in [0.717, 1.165) is 5.56 Å². The van der Waals surface area contributed by atoms with Gasteiger partial charge in [0.05, 0.1) is 16.2 Å². The lowest BCUT2D eigenvalue weighted by atomic mass is 9.98. The summed E-state index contributed by atoms with van der Waals surface area (Å²) in [5.74, 6) is 5.08. The molecule has 23 heavy (non-hydrogen) atoms. The second-order valence-corrected chi connectivity index (χ2v) is 5.07. The average Bonchev–Trinajstić information content (AvgIpc) is 2.89. The molecule has 2 aromatic rings. The van der Waals surface area contributed by atoms with Crippen LogP contribution in [0, 0.1) is 10.1 Å². The van der Waals surface area contributed by atoms with Crippen LogP contribution in [-0.2, 0) is 4.74 Å². The van der Waals surface area contributed by atoms with Gasteiger partial charge in [0.25, 0.3) is 5.69 Å². The zero-order valence-electron chi connectivity index (χ0n) is 12.0. The third-order valence-corrected chi connectivity index (χ3v) is 3.72. The second-order valence-electron chi connectivity index (χ2n) is 5.07. The van der Waals surface area contributed by atoms with E-state index in [2.05, 4.69) is 5.10 Å². The predicted molar refractivity (Wildman–Crippen MR) is 83.0 cm³/mol. The highest BCUT2D eigenvalue weighted by Crippen LogP contribution is 2.33. The molecular formula is C16H13N3O4. The van der Waals surface area contributed by atoms with Crippen molar-refractivity contribution < 1.29 is 14.5 Å².